The Hall–Kier alpha value is -2.89. The molecule has 1 aliphatic rings. The molecule has 2 amide bonds. The van der Waals surface area contributed by atoms with E-state index in [0.717, 1.165) is 16.9 Å². The molecule has 0 saturated heterocycles. The molecule has 0 aliphatic heterocycles. The van der Waals surface area contributed by atoms with Crippen LogP contribution >= 0.6 is 0 Å². The number of amides is 2. The second-order valence-electron chi connectivity index (χ2n) is 6.48. The molecular formula is C20H23N3O3. The quantitative estimate of drug-likeness (QED) is 0.710. The van der Waals surface area contributed by atoms with E-state index in [1.54, 1.807) is 19.5 Å². The first kappa shape index (κ1) is 17.9. The average molecular weight is 353 g/mol. The van der Waals surface area contributed by atoms with Crippen LogP contribution in [0.15, 0.2) is 48.8 Å². The highest BCUT2D eigenvalue weighted by atomic mass is 16.5. The summed E-state index contributed by atoms with van der Waals surface area (Å²) in [6, 6.07) is 11.4. The summed E-state index contributed by atoms with van der Waals surface area (Å²) < 4.78 is 5.20. The number of rotatable bonds is 8. The summed E-state index contributed by atoms with van der Waals surface area (Å²) in [7, 11) is 1.63. The van der Waals surface area contributed by atoms with E-state index in [4.69, 9.17) is 4.74 Å². The highest BCUT2D eigenvalue weighted by Gasteiger charge is 2.56. The first-order chi connectivity index (χ1) is 12.6. The van der Waals surface area contributed by atoms with E-state index in [2.05, 4.69) is 15.6 Å². The molecule has 0 atom stereocenters. The monoisotopic (exact) mass is 353 g/mol. The van der Waals surface area contributed by atoms with Crippen molar-refractivity contribution < 1.29 is 14.3 Å². The van der Waals surface area contributed by atoms with Gasteiger partial charge in [-0.1, -0.05) is 12.1 Å². The van der Waals surface area contributed by atoms with Gasteiger partial charge in [-0.3, -0.25) is 14.6 Å². The van der Waals surface area contributed by atoms with Crippen LogP contribution < -0.4 is 15.4 Å². The van der Waals surface area contributed by atoms with Crippen LogP contribution in [0.1, 0.15) is 24.0 Å². The van der Waals surface area contributed by atoms with Crippen molar-refractivity contribution in [3.05, 3.63) is 59.9 Å². The highest BCUT2D eigenvalue weighted by molar-refractivity contribution is 6.07. The van der Waals surface area contributed by atoms with Gasteiger partial charge < -0.3 is 15.4 Å². The van der Waals surface area contributed by atoms with Crippen molar-refractivity contribution in [2.24, 2.45) is 5.41 Å². The molecule has 0 unspecified atom stereocenters. The molecular weight excluding hydrogens is 330 g/mol. The first-order valence-corrected chi connectivity index (χ1v) is 8.72. The van der Waals surface area contributed by atoms with Gasteiger partial charge in [0.2, 0.25) is 11.8 Å². The lowest BCUT2D eigenvalue weighted by Gasteiger charge is -2.15. The highest BCUT2D eigenvalue weighted by Crippen LogP contribution is 2.46. The second kappa shape index (κ2) is 7.99. The Balaban J connectivity index is 1.48. The Kier molecular flexibility index (Phi) is 5.51. The van der Waals surface area contributed by atoms with Gasteiger partial charge in [0.1, 0.15) is 11.2 Å². The van der Waals surface area contributed by atoms with Crippen molar-refractivity contribution in [3.63, 3.8) is 0 Å². The summed E-state index contributed by atoms with van der Waals surface area (Å²) in [5, 5.41) is 5.76. The zero-order valence-corrected chi connectivity index (χ0v) is 14.8. The lowest BCUT2D eigenvalue weighted by atomic mass is 10.0. The van der Waals surface area contributed by atoms with Gasteiger partial charge in [0.25, 0.3) is 0 Å². The van der Waals surface area contributed by atoms with Gasteiger partial charge in [0, 0.05) is 25.5 Å². The van der Waals surface area contributed by atoms with Crippen molar-refractivity contribution >= 4 is 11.8 Å². The SMILES string of the molecule is COc1cccc(CCNC(=O)C2(C(=O)NCc3ccncc3)CC2)c1. The molecule has 1 heterocycles. The molecule has 3 rings (SSSR count). The van der Waals surface area contributed by atoms with E-state index in [1.165, 1.54) is 0 Å². The minimum absolute atomic E-state index is 0.187. The molecule has 0 bridgehead atoms. The molecule has 0 spiro atoms. The fourth-order valence-electron chi connectivity index (χ4n) is 2.85. The lowest BCUT2D eigenvalue weighted by molar-refractivity contribution is -0.137. The van der Waals surface area contributed by atoms with Crippen LogP contribution in [-0.2, 0) is 22.6 Å². The number of hydrogen-bond donors (Lipinski definition) is 2. The van der Waals surface area contributed by atoms with Gasteiger partial charge >= 0.3 is 0 Å². The number of nitrogens with zero attached hydrogens (tertiary/aromatic N) is 1. The minimum Gasteiger partial charge on any atom is -0.497 e. The summed E-state index contributed by atoms with van der Waals surface area (Å²) in [6.07, 6.45) is 5.25. The third-order valence-corrected chi connectivity index (χ3v) is 4.66. The molecule has 0 radical (unpaired) electrons. The van der Waals surface area contributed by atoms with Crippen LogP contribution in [0.3, 0.4) is 0 Å². The van der Waals surface area contributed by atoms with E-state index in [9.17, 15) is 9.59 Å². The molecule has 136 valence electrons. The Morgan fingerprint density at radius 1 is 1.08 bits per heavy atom. The molecule has 6 nitrogen and oxygen atoms in total. The van der Waals surface area contributed by atoms with Crippen molar-refractivity contribution in [2.45, 2.75) is 25.8 Å². The van der Waals surface area contributed by atoms with Gasteiger partial charge in [-0.15, -0.1) is 0 Å². The Labute approximate surface area is 153 Å². The van der Waals surface area contributed by atoms with Crippen LogP contribution in [0.5, 0.6) is 5.75 Å². The van der Waals surface area contributed by atoms with E-state index in [1.807, 2.05) is 36.4 Å². The van der Waals surface area contributed by atoms with Crippen LogP contribution in [-0.4, -0.2) is 30.5 Å². The fourth-order valence-corrected chi connectivity index (χ4v) is 2.85. The molecule has 1 fully saturated rings. The second-order valence-corrected chi connectivity index (χ2v) is 6.48. The number of carbonyl (C=O) groups excluding carboxylic acids is 2. The Bertz CT molecular complexity index is 773. The molecule has 1 saturated carbocycles. The normalized spacial score (nSPS) is 14.3. The fraction of sp³-hybridized carbons (Fsp3) is 0.350. The van der Waals surface area contributed by atoms with Crippen LogP contribution in [0, 0.1) is 5.41 Å². The zero-order valence-electron chi connectivity index (χ0n) is 14.8. The lowest BCUT2D eigenvalue weighted by Crippen LogP contribution is -2.43. The van der Waals surface area contributed by atoms with E-state index in [-0.39, 0.29) is 11.8 Å². The average Bonchev–Trinajstić information content (AvgIpc) is 3.49. The minimum atomic E-state index is -0.901. The van der Waals surface area contributed by atoms with Crippen LogP contribution in [0.4, 0.5) is 0 Å². The van der Waals surface area contributed by atoms with Gasteiger partial charge in [-0.25, -0.2) is 0 Å². The zero-order chi connectivity index (χ0) is 18.4. The molecule has 26 heavy (non-hydrogen) atoms. The summed E-state index contributed by atoms with van der Waals surface area (Å²) in [5.74, 6) is 0.406. The summed E-state index contributed by atoms with van der Waals surface area (Å²) in [4.78, 5) is 28.9. The standard InChI is InChI=1S/C20H23N3O3/c1-26-17-4-2-3-15(13-17)7-12-22-18(24)20(8-9-20)19(25)23-14-16-5-10-21-11-6-16/h2-6,10-11,13H,7-9,12,14H2,1H3,(H,22,24)(H,23,25). The van der Waals surface area contributed by atoms with Gasteiger partial charge in [-0.2, -0.15) is 0 Å². The van der Waals surface area contributed by atoms with E-state index >= 15 is 0 Å². The number of aromatic nitrogens is 1. The maximum atomic E-state index is 12.5. The van der Waals surface area contributed by atoms with Crippen molar-refractivity contribution in [3.8, 4) is 5.75 Å². The van der Waals surface area contributed by atoms with E-state index < -0.39 is 5.41 Å². The first-order valence-electron chi connectivity index (χ1n) is 8.72. The topological polar surface area (TPSA) is 80.3 Å². The smallest absolute Gasteiger partial charge is 0.235 e. The Morgan fingerprint density at radius 2 is 1.81 bits per heavy atom. The van der Waals surface area contributed by atoms with Gasteiger partial charge in [-0.05, 0) is 54.7 Å². The summed E-state index contributed by atoms with van der Waals surface area (Å²) >= 11 is 0. The van der Waals surface area contributed by atoms with Crippen LogP contribution in [0.25, 0.3) is 0 Å². The third kappa shape index (κ3) is 4.20. The van der Waals surface area contributed by atoms with Crippen molar-refractivity contribution in [2.75, 3.05) is 13.7 Å². The number of hydrogen-bond acceptors (Lipinski definition) is 4. The van der Waals surface area contributed by atoms with E-state index in [0.29, 0.717) is 32.4 Å². The Morgan fingerprint density at radius 3 is 2.50 bits per heavy atom. The maximum Gasteiger partial charge on any atom is 0.235 e. The third-order valence-electron chi connectivity index (χ3n) is 4.66. The number of benzene rings is 1. The van der Waals surface area contributed by atoms with Crippen molar-refractivity contribution in [1.29, 1.82) is 0 Å². The number of nitrogens with one attached hydrogen (secondary N) is 2. The predicted molar refractivity (Wildman–Crippen MR) is 97.5 cm³/mol. The van der Waals surface area contributed by atoms with Gasteiger partial charge in [0.05, 0.1) is 7.11 Å². The predicted octanol–water partition coefficient (Wildman–Crippen LogP) is 1.85. The van der Waals surface area contributed by atoms with Crippen molar-refractivity contribution in [1.82, 2.24) is 15.6 Å². The molecule has 2 aromatic rings. The number of methoxy groups -OCH3 is 1. The molecule has 2 N–H and O–H groups in total. The maximum absolute atomic E-state index is 12.5. The van der Waals surface area contributed by atoms with Crippen LogP contribution in [0.2, 0.25) is 0 Å². The van der Waals surface area contributed by atoms with Gasteiger partial charge in [0.15, 0.2) is 0 Å². The number of carbonyl (C=O) groups is 2. The molecule has 6 heteroatoms. The number of ether oxygens (including phenoxy) is 1. The summed E-state index contributed by atoms with van der Waals surface area (Å²) in [5.41, 5.74) is 1.14. The largest absolute Gasteiger partial charge is 0.497 e. The number of pyridine rings is 1. The molecule has 1 aliphatic carbocycles. The molecule has 1 aromatic carbocycles. The summed E-state index contributed by atoms with van der Waals surface area (Å²) in [6.45, 7) is 0.894. The molecule has 1 aromatic heterocycles.